The SMILES string of the molecule is C=CC1CCC(Cn2c(-c3cc(C(C)C)ccn3)nc3cc(CO)nc(NC(C)C4CCC4)c32)CC1. The minimum absolute atomic E-state index is 0.0999. The number of pyridine rings is 2. The predicted molar refractivity (Wildman–Crippen MR) is 147 cm³/mol. The van der Waals surface area contributed by atoms with Gasteiger partial charge in [0.15, 0.2) is 11.6 Å². The van der Waals surface area contributed by atoms with Crippen molar-refractivity contribution in [2.45, 2.75) is 90.8 Å². The molecule has 6 heteroatoms. The van der Waals surface area contributed by atoms with Crippen LogP contribution in [-0.2, 0) is 13.2 Å². The fraction of sp³-hybridized carbons (Fsp3) is 0.567. The van der Waals surface area contributed by atoms with Crippen LogP contribution < -0.4 is 5.32 Å². The fourth-order valence-electron chi connectivity index (χ4n) is 5.83. The lowest BCUT2D eigenvalue weighted by Gasteiger charge is -2.32. The monoisotopic (exact) mass is 487 g/mol. The maximum Gasteiger partial charge on any atom is 0.159 e. The Morgan fingerprint density at radius 2 is 1.89 bits per heavy atom. The zero-order valence-corrected chi connectivity index (χ0v) is 22.1. The van der Waals surface area contributed by atoms with Gasteiger partial charge in [0.25, 0.3) is 0 Å². The van der Waals surface area contributed by atoms with E-state index in [1.165, 1.54) is 50.5 Å². The van der Waals surface area contributed by atoms with Crippen LogP contribution in [0.1, 0.15) is 82.9 Å². The molecule has 0 aromatic carbocycles. The van der Waals surface area contributed by atoms with Gasteiger partial charge in [-0.1, -0.05) is 26.3 Å². The first-order chi connectivity index (χ1) is 17.5. The van der Waals surface area contributed by atoms with E-state index in [9.17, 15) is 5.11 Å². The van der Waals surface area contributed by atoms with E-state index in [0.29, 0.717) is 35.4 Å². The molecule has 1 unspecified atom stereocenters. The van der Waals surface area contributed by atoms with Gasteiger partial charge in [-0.2, -0.15) is 0 Å². The number of fused-ring (bicyclic) bond motifs is 1. The van der Waals surface area contributed by atoms with E-state index in [1.807, 2.05) is 12.3 Å². The zero-order valence-electron chi connectivity index (χ0n) is 22.1. The lowest BCUT2D eigenvalue weighted by Crippen LogP contribution is -2.31. The van der Waals surface area contributed by atoms with Crippen LogP contribution in [0.2, 0.25) is 0 Å². The van der Waals surface area contributed by atoms with Gasteiger partial charge in [-0.15, -0.1) is 6.58 Å². The van der Waals surface area contributed by atoms with Crippen LogP contribution in [0.15, 0.2) is 37.1 Å². The normalized spacial score (nSPS) is 21.5. The van der Waals surface area contributed by atoms with Gasteiger partial charge in [0, 0.05) is 18.8 Å². The Morgan fingerprint density at radius 3 is 2.53 bits per heavy atom. The topological polar surface area (TPSA) is 75.9 Å². The molecule has 5 rings (SSSR count). The molecule has 2 aliphatic carbocycles. The summed E-state index contributed by atoms with van der Waals surface area (Å²) in [5.74, 6) is 4.05. The highest BCUT2D eigenvalue weighted by Crippen LogP contribution is 2.37. The summed E-state index contributed by atoms with van der Waals surface area (Å²) in [4.78, 5) is 14.8. The van der Waals surface area contributed by atoms with E-state index in [4.69, 9.17) is 15.0 Å². The second kappa shape index (κ2) is 10.7. The molecular formula is C30H41N5O. The number of hydrogen-bond donors (Lipinski definition) is 2. The summed E-state index contributed by atoms with van der Waals surface area (Å²) < 4.78 is 2.37. The Morgan fingerprint density at radius 1 is 1.11 bits per heavy atom. The van der Waals surface area contributed by atoms with Gasteiger partial charge in [-0.3, -0.25) is 4.98 Å². The number of aromatic nitrogens is 4. The van der Waals surface area contributed by atoms with Gasteiger partial charge in [0.2, 0.25) is 0 Å². The number of anilines is 1. The Bertz CT molecular complexity index is 1200. The molecule has 3 heterocycles. The number of aliphatic hydroxyl groups excluding tert-OH is 1. The van der Waals surface area contributed by atoms with Gasteiger partial charge in [-0.05, 0) is 92.9 Å². The number of rotatable bonds is 9. The number of aliphatic hydroxyl groups is 1. The summed E-state index contributed by atoms with van der Waals surface area (Å²) in [6.45, 7) is 11.5. The summed E-state index contributed by atoms with van der Waals surface area (Å²) in [7, 11) is 0. The average Bonchev–Trinajstić information content (AvgIpc) is 3.21. The molecule has 0 saturated heterocycles. The van der Waals surface area contributed by atoms with Crippen molar-refractivity contribution in [1.82, 2.24) is 19.5 Å². The van der Waals surface area contributed by atoms with Crippen molar-refractivity contribution in [3.8, 4) is 11.5 Å². The summed E-state index contributed by atoms with van der Waals surface area (Å²) in [6, 6.07) is 6.55. The highest BCUT2D eigenvalue weighted by Gasteiger charge is 2.28. The van der Waals surface area contributed by atoms with Crippen LogP contribution in [0.5, 0.6) is 0 Å². The number of nitrogens with zero attached hydrogens (tertiary/aromatic N) is 4. The molecule has 3 aromatic rings. The molecule has 0 bridgehead atoms. The van der Waals surface area contributed by atoms with Crippen molar-refractivity contribution >= 4 is 16.9 Å². The lowest BCUT2D eigenvalue weighted by atomic mass is 9.80. The molecule has 0 spiro atoms. The predicted octanol–water partition coefficient (Wildman–Crippen LogP) is 6.70. The standard InChI is InChI=1S/C30H41N5O/c1-5-21-9-11-22(12-10-21)17-35-28-26(34-30(35)27-15-24(19(2)3)13-14-31-27)16-25(18-36)33-29(28)32-20(4)23-7-6-8-23/h5,13-16,19-23,36H,1,6-12,17-18H2,2-4H3,(H,32,33). The van der Waals surface area contributed by atoms with Crippen LogP contribution >= 0.6 is 0 Å². The molecule has 192 valence electrons. The number of allylic oxidation sites excluding steroid dienone is 1. The Balaban J connectivity index is 1.61. The van der Waals surface area contributed by atoms with Crippen molar-refractivity contribution in [1.29, 1.82) is 0 Å². The molecule has 6 nitrogen and oxygen atoms in total. The quantitative estimate of drug-likeness (QED) is 0.328. The van der Waals surface area contributed by atoms with Crippen LogP contribution in [0.4, 0.5) is 5.82 Å². The molecule has 36 heavy (non-hydrogen) atoms. The van der Waals surface area contributed by atoms with E-state index >= 15 is 0 Å². The van der Waals surface area contributed by atoms with Crippen molar-refractivity contribution in [3.63, 3.8) is 0 Å². The third-order valence-corrected chi connectivity index (χ3v) is 8.51. The molecular weight excluding hydrogens is 446 g/mol. The minimum atomic E-state index is -0.0999. The highest BCUT2D eigenvalue weighted by molar-refractivity contribution is 5.89. The van der Waals surface area contributed by atoms with Crippen molar-refractivity contribution < 1.29 is 5.11 Å². The lowest BCUT2D eigenvalue weighted by molar-refractivity contribution is 0.276. The molecule has 2 saturated carbocycles. The third kappa shape index (κ3) is 5.06. The van der Waals surface area contributed by atoms with Crippen molar-refractivity contribution in [3.05, 3.63) is 48.3 Å². The smallest absolute Gasteiger partial charge is 0.159 e. The molecule has 1 atom stereocenters. The summed E-state index contributed by atoms with van der Waals surface area (Å²) in [5, 5.41) is 13.7. The van der Waals surface area contributed by atoms with Gasteiger partial charge >= 0.3 is 0 Å². The van der Waals surface area contributed by atoms with E-state index in [0.717, 1.165) is 34.9 Å². The van der Waals surface area contributed by atoms with E-state index in [-0.39, 0.29) is 6.61 Å². The first-order valence-corrected chi connectivity index (χ1v) is 13.8. The Labute approximate surface area is 215 Å². The average molecular weight is 488 g/mol. The maximum absolute atomic E-state index is 9.98. The molecule has 2 N–H and O–H groups in total. The molecule has 0 amide bonds. The number of nitrogens with one attached hydrogen (secondary N) is 1. The van der Waals surface area contributed by atoms with E-state index in [2.05, 4.69) is 55.4 Å². The maximum atomic E-state index is 9.98. The molecule has 0 radical (unpaired) electrons. The van der Waals surface area contributed by atoms with Crippen LogP contribution in [0, 0.1) is 17.8 Å². The molecule has 2 aliphatic rings. The van der Waals surface area contributed by atoms with E-state index in [1.54, 1.807) is 0 Å². The van der Waals surface area contributed by atoms with Crippen LogP contribution in [0.3, 0.4) is 0 Å². The summed E-state index contributed by atoms with van der Waals surface area (Å²) >= 11 is 0. The van der Waals surface area contributed by atoms with Gasteiger partial charge < -0.3 is 15.0 Å². The highest BCUT2D eigenvalue weighted by atomic mass is 16.3. The molecule has 2 fully saturated rings. The third-order valence-electron chi connectivity index (χ3n) is 8.51. The van der Waals surface area contributed by atoms with Crippen LogP contribution in [0.25, 0.3) is 22.6 Å². The summed E-state index contributed by atoms with van der Waals surface area (Å²) in [5.41, 5.74) is 4.73. The second-order valence-electron chi connectivity index (χ2n) is 11.3. The van der Waals surface area contributed by atoms with Gasteiger partial charge in [0.05, 0.1) is 17.8 Å². The number of hydrogen-bond acceptors (Lipinski definition) is 5. The van der Waals surface area contributed by atoms with Gasteiger partial charge in [-0.25, -0.2) is 9.97 Å². The fourth-order valence-corrected chi connectivity index (χ4v) is 5.83. The second-order valence-corrected chi connectivity index (χ2v) is 11.3. The largest absolute Gasteiger partial charge is 0.390 e. The zero-order chi connectivity index (χ0) is 25.2. The Kier molecular flexibility index (Phi) is 7.42. The molecule has 3 aromatic heterocycles. The van der Waals surface area contributed by atoms with E-state index < -0.39 is 0 Å². The summed E-state index contributed by atoms with van der Waals surface area (Å²) in [6.07, 6.45) is 12.7. The molecule has 0 aliphatic heterocycles. The van der Waals surface area contributed by atoms with Gasteiger partial charge in [0.1, 0.15) is 11.2 Å². The van der Waals surface area contributed by atoms with Crippen molar-refractivity contribution in [2.75, 3.05) is 5.32 Å². The minimum Gasteiger partial charge on any atom is -0.390 e. The Hall–Kier alpha value is -2.73. The first kappa shape index (κ1) is 24.9. The van der Waals surface area contributed by atoms with Crippen LogP contribution in [-0.4, -0.2) is 30.7 Å². The van der Waals surface area contributed by atoms with Crippen molar-refractivity contribution in [2.24, 2.45) is 17.8 Å². The number of imidazole rings is 1. The first-order valence-electron chi connectivity index (χ1n) is 13.8.